The van der Waals surface area contributed by atoms with Crippen LogP contribution in [0.15, 0.2) is 59.7 Å². The third-order valence-corrected chi connectivity index (χ3v) is 7.54. The molecule has 1 fully saturated rings. The Kier molecular flexibility index (Phi) is 4.73. The first kappa shape index (κ1) is 18.1. The largest absolute Gasteiger partial charge is 0.497 e. The summed E-state index contributed by atoms with van der Waals surface area (Å²) in [6.07, 6.45) is 2.14. The zero-order valence-electron chi connectivity index (χ0n) is 16.5. The summed E-state index contributed by atoms with van der Waals surface area (Å²) in [4.78, 5) is 0. The van der Waals surface area contributed by atoms with E-state index in [1.54, 1.807) is 14.2 Å². The van der Waals surface area contributed by atoms with Crippen LogP contribution in [0.4, 0.5) is 0 Å². The first-order chi connectivity index (χ1) is 13.0. The lowest BCUT2D eigenvalue weighted by Gasteiger charge is -2.23. The minimum absolute atomic E-state index is 0.909. The van der Waals surface area contributed by atoms with Crippen molar-refractivity contribution in [3.63, 3.8) is 0 Å². The van der Waals surface area contributed by atoms with E-state index in [-0.39, 0.29) is 0 Å². The van der Waals surface area contributed by atoms with Crippen LogP contribution in [0.2, 0.25) is 13.1 Å². The Bertz CT molecular complexity index is 827. The molecule has 0 atom stereocenters. The summed E-state index contributed by atoms with van der Waals surface area (Å²) in [6.45, 7) is 4.84. The van der Waals surface area contributed by atoms with Crippen LogP contribution in [-0.2, 0) is 0 Å². The molecule has 1 saturated heterocycles. The van der Waals surface area contributed by atoms with E-state index in [0.29, 0.717) is 0 Å². The van der Waals surface area contributed by atoms with Crippen molar-refractivity contribution in [3.8, 4) is 11.5 Å². The van der Waals surface area contributed by atoms with Gasteiger partial charge in [0.05, 0.1) is 22.3 Å². The summed E-state index contributed by atoms with van der Waals surface area (Å²) in [5, 5.41) is 0. The van der Waals surface area contributed by atoms with Gasteiger partial charge >= 0.3 is 0 Å². The van der Waals surface area contributed by atoms with E-state index in [1.165, 1.54) is 33.4 Å². The van der Waals surface area contributed by atoms with E-state index < -0.39 is 8.07 Å². The number of rotatable bonds is 4. The molecular formula is C24H26O2Si. The molecule has 2 aromatic carbocycles. The lowest BCUT2D eigenvalue weighted by atomic mass is 9.81. The highest BCUT2D eigenvalue weighted by molar-refractivity contribution is 6.87. The van der Waals surface area contributed by atoms with E-state index in [1.807, 2.05) is 0 Å². The van der Waals surface area contributed by atoms with Gasteiger partial charge in [-0.3, -0.25) is 0 Å². The maximum Gasteiger partial charge on any atom is 0.118 e. The van der Waals surface area contributed by atoms with Crippen LogP contribution in [0.1, 0.15) is 24.0 Å². The predicted octanol–water partition coefficient (Wildman–Crippen LogP) is 5.91. The molecule has 0 saturated carbocycles. The number of fused-ring (bicyclic) bond motifs is 1. The van der Waals surface area contributed by atoms with Crippen molar-refractivity contribution in [2.45, 2.75) is 25.9 Å². The third kappa shape index (κ3) is 3.48. The zero-order chi connectivity index (χ0) is 19.0. The molecule has 2 radical (unpaired) electrons. The van der Waals surface area contributed by atoms with Crippen LogP contribution >= 0.6 is 0 Å². The maximum atomic E-state index is 5.33. The molecule has 2 aromatic rings. The Labute approximate surface area is 163 Å². The highest BCUT2D eigenvalue weighted by Gasteiger charge is 2.38. The summed E-state index contributed by atoms with van der Waals surface area (Å²) in [6, 6.07) is 22.1. The van der Waals surface area contributed by atoms with Crippen molar-refractivity contribution in [2.75, 3.05) is 14.2 Å². The van der Waals surface area contributed by atoms with Gasteiger partial charge in [-0.15, -0.1) is 0 Å². The molecule has 138 valence electrons. The normalized spacial score (nSPS) is 18.5. The second-order valence-corrected chi connectivity index (χ2v) is 12.1. The molecule has 0 aromatic heterocycles. The van der Waals surface area contributed by atoms with Crippen molar-refractivity contribution < 1.29 is 9.47 Å². The van der Waals surface area contributed by atoms with Crippen molar-refractivity contribution in [2.24, 2.45) is 0 Å². The van der Waals surface area contributed by atoms with Crippen LogP contribution < -0.4 is 9.47 Å². The van der Waals surface area contributed by atoms with Gasteiger partial charge in [0.1, 0.15) is 11.5 Å². The molecule has 3 heteroatoms. The molecule has 0 amide bonds. The molecule has 2 aliphatic rings. The van der Waals surface area contributed by atoms with Gasteiger partial charge in [0, 0.05) is 0 Å². The van der Waals surface area contributed by atoms with E-state index in [2.05, 4.69) is 73.7 Å². The minimum Gasteiger partial charge on any atom is -0.497 e. The number of hydrogen-bond donors (Lipinski definition) is 0. The second kappa shape index (κ2) is 7.04. The van der Waals surface area contributed by atoms with Gasteiger partial charge in [0.15, 0.2) is 0 Å². The van der Waals surface area contributed by atoms with Gasteiger partial charge in [-0.2, -0.15) is 0 Å². The fourth-order valence-corrected chi connectivity index (χ4v) is 6.37. The summed E-state index contributed by atoms with van der Waals surface area (Å²) >= 11 is 0. The monoisotopic (exact) mass is 374 g/mol. The van der Waals surface area contributed by atoms with Crippen LogP contribution in [-0.4, -0.2) is 22.3 Å². The van der Waals surface area contributed by atoms with Crippen molar-refractivity contribution in [3.05, 3.63) is 82.9 Å². The van der Waals surface area contributed by atoms with Gasteiger partial charge in [-0.05, 0) is 82.6 Å². The summed E-state index contributed by atoms with van der Waals surface area (Å²) in [5.41, 5.74) is 8.48. The number of allylic oxidation sites excluding steroid dienone is 4. The Morgan fingerprint density at radius 1 is 0.630 bits per heavy atom. The molecule has 4 rings (SSSR count). The van der Waals surface area contributed by atoms with E-state index in [4.69, 9.17) is 9.47 Å². The number of benzene rings is 2. The van der Waals surface area contributed by atoms with Crippen molar-refractivity contribution in [1.82, 2.24) is 0 Å². The molecule has 1 heterocycles. The van der Waals surface area contributed by atoms with Crippen LogP contribution in [0.25, 0.3) is 11.1 Å². The predicted molar refractivity (Wildman–Crippen MR) is 115 cm³/mol. The third-order valence-electron chi connectivity index (χ3n) is 5.48. The van der Waals surface area contributed by atoms with Gasteiger partial charge < -0.3 is 9.47 Å². The molecule has 1 aliphatic heterocycles. The van der Waals surface area contributed by atoms with Crippen LogP contribution in [0, 0.1) is 12.1 Å². The number of methoxy groups -OCH3 is 2. The summed E-state index contributed by atoms with van der Waals surface area (Å²) in [7, 11) is 1.96. The highest BCUT2D eigenvalue weighted by Crippen LogP contribution is 2.49. The standard InChI is InChI=1S/C24H26O2Si/c1-25-19-9-5-17(6-10-19)21-13-14-22(18-7-11-20(26-2)12-8-18)24-16-27(3,4)15-23(21)24/h5-12,15-16H,13-14H2,1-4H3. The van der Waals surface area contributed by atoms with Crippen LogP contribution in [0.5, 0.6) is 11.5 Å². The van der Waals surface area contributed by atoms with Gasteiger partial charge in [-0.25, -0.2) is 0 Å². The number of hydrogen-bond acceptors (Lipinski definition) is 2. The molecule has 27 heavy (non-hydrogen) atoms. The fourth-order valence-electron chi connectivity index (χ4n) is 4.14. The molecule has 2 nitrogen and oxygen atoms in total. The molecule has 0 N–H and O–H groups in total. The van der Waals surface area contributed by atoms with E-state index >= 15 is 0 Å². The Morgan fingerprint density at radius 3 is 1.33 bits per heavy atom. The number of ether oxygens (including phenoxy) is 2. The SMILES string of the molecule is COc1ccc(C2=C3[CH][Si](C)(C)[CH]C3=C(c3ccc(OC)cc3)CC2)cc1. The Morgan fingerprint density at radius 2 is 1.00 bits per heavy atom. The summed E-state index contributed by atoms with van der Waals surface area (Å²) in [5.74, 6) is 1.82. The minimum atomic E-state index is -1.47. The van der Waals surface area contributed by atoms with Gasteiger partial charge in [-0.1, -0.05) is 37.4 Å². The van der Waals surface area contributed by atoms with Gasteiger partial charge in [0.25, 0.3) is 0 Å². The lowest BCUT2D eigenvalue weighted by Crippen LogP contribution is -2.22. The van der Waals surface area contributed by atoms with Crippen molar-refractivity contribution >= 4 is 19.2 Å². The maximum absolute atomic E-state index is 5.33. The molecule has 0 spiro atoms. The zero-order valence-corrected chi connectivity index (χ0v) is 17.5. The topological polar surface area (TPSA) is 18.5 Å². The molecule has 0 unspecified atom stereocenters. The molecular weight excluding hydrogens is 348 g/mol. The second-order valence-electron chi connectivity index (χ2n) is 7.85. The fraction of sp³-hybridized carbons (Fsp3) is 0.250. The lowest BCUT2D eigenvalue weighted by molar-refractivity contribution is 0.414. The molecule has 0 bridgehead atoms. The Hall–Kier alpha value is -2.26. The quantitative estimate of drug-likeness (QED) is 0.619. The van der Waals surface area contributed by atoms with Crippen LogP contribution in [0.3, 0.4) is 0 Å². The first-order valence-corrected chi connectivity index (χ1v) is 12.6. The average Bonchev–Trinajstić information content (AvgIpc) is 3.02. The van der Waals surface area contributed by atoms with Gasteiger partial charge in [0.2, 0.25) is 0 Å². The van der Waals surface area contributed by atoms with E-state index in [0.717, 1.165) is 24.3 Å². The summed E-state index contributed by atoms with van der Waals surface area (Å²) < 4.78 is 10.7. The van der Waals surface area contributed by atoms with Crippen molar-refractivity contribution in [1.29, 1.82) is 0 Å². The average molecular weight is 375 g/mol. The highest BCUT2D eigenvalue weighted by atomic mass is 28.3. The van der Waals surface area contributed by atoms with E-state index in [9.17, 15) is 0 Å². The smallest absolute Gasteiger partial charge is 0.118 e. The first-order valence-electron chi connectivity index (χ1n) is 9.48. The Balaban J connectivity index is 1.80. The molecule has 1 aliphatic carbocycles.